The van der Waals surface area contributed by atoms with E-state index in [1.165, 1.54) is 0 Å². The van der Waals surface area contributed by atoms with Gasteiger partial charge in [0.15, 0.2) is 0 Å². The van der Waals surface area contributed by atoms with E-state index in [9.17, 15) is 4.79 Å². The van der Waals surface area contributed by atoms with Gasteiger partial charge in [-0.3, -0.25) is 4.79 Å². The summed E-state index contributed by atoms with van der Waals surface area (Å²) >= 11 is 6.18. The predicted octanol–water partition coefficient (Wildman–Crippen LogP) is 2.83. The Bertz CT molecular complexity index is 452. The van der Waals surface area contributed by atoms with Crippen molar-refractivity contribution < 1.29 is 4.79 Å². The first-order valence-corrected chi connectivity index (χ1v) is 7.70. The summed E-state index contributed by atoms with van der Waals surface area (Å²) in [5.41, 5.74) is 2.81. The predicted molar refractivity (Wildman–Crippen MR) is 90.2 cm³/mol. The van der Waals surface area contributed by atoms with Crippen LogP contribution in [0.3, 0.4) is 0 Å². The number of rotatable bonds is 8. The Hall–Kier alpha value is -1.10. The molecule has 0 aliphatic carbocycles. The second-order valence-electron chi connectivity index (χ2n) is 5.64. The number of hydrogen-bond acceptors (Lipinski definition) is 3. The number of amides is 1. The monoisotopic (exact) mass is 311 g/mol. The Morgan fingerprint density at radius 2 is 1.95 bits per heavy atom. The molecule has 0 fully saturated rings. The molecule has 0 aromatic heterocycles. The number of nitrogens with one attached hydrogen (secondary N) is 2. The van der Waals surface area contributed by atoms with Crippen molar-refractivity contribution in [1.82, 2.24) is 10.2 Å². The lowest BCUT2D eigenvalue weighted by Crippen LogP contribution is -2.25. The maximum atomic E-state index is 11.9. The molecule has 0 spiro atoms. The van der Waals surface area contributed by atoms with Crippen molar-refractivity contribution in [2.24, 2.45) is 0 Å². The summed E-state index contributed by atoms with van der Waals surface area (Å²) in [6.45, 7) is 6.60. The van der Waals surface area contributed by atoms with Gasteiger partial charge in [0.25, 0.3) is 0 Å². The second-order valence-corrected chi connectivity index (χ2v) is 6.05. The average Bonchev–Trinajstić information content (AvgIpc) is 2.37. The number of benzene rings is 1. The van der Waals surface area contributed by atoms with Crippen molar-refractivity contribution in [2.45, 2.75) is 26.7 Å². The smallest absolute Gasteiger partial charge is 0.225 e. The third-order valence-corrected chi connectivity index (χ3v) is 3.48. The summed E-state index contributed by atoms with van der Waals surface area (Å²) in [7, 11) is 4.11. The summed E-state index contributed by atoms with van der Waals surface area (Å²) in [4.78, 5) is 14.1. The number of anilines is 1. The van der Waals surface area contributed by atoms with Crippen LogP contribution in [0.1, 0.15) is 24.0 Å². The minimum absolute atomic E-state index is 0.0102. The van der Waals surface area contributed by atoms with Crippen LogP contribution in [0.5, 0.6) is 0 Å². The molecule has 1 amide bonds. The van der Waals surface area contributed by atoms with Crippen LogP contribution in [-0.2, 0) is 4.79 Å². The second kappa shape index (κ2) is 9.03. The molecule has 2 N–H and O–H groups in total. The molecule has 0 saturated heterocycles. The Labute approximate surface area is 132 Å². The highest BCUT2D eigenvalue weighted by atomic mass is 35.5. The Morgan fingerprint density at radius 3 is 2.57 bits per heavy atom. The zero-order valence-electron chi connectivity index (χ0n) is 13.4. The van der Waals surface area contributed by atoms with Gasteiger partial charge in [0, 0.05) is 13.0 Å². The summed E-state index contributed by atoms with van der Waals surface area (Å²) in [6, 6.07) is 3.88. The first-order chi connectivity index (χ1) is 9.90. The van der Waals surface area contributed by atoms with Crippen molar-refractivity contribution in [3.05, 3.63) is 28.3 Å². The zero-order valence-corrected chi connectivity index (χ0v) is 14.2. The first-order valence-electron chi connectivity index (χ1n) is 7.32. The first kappa shape index (κ1) is 18.0. The Balaban J connectivity index is 2.31. The lowest BCUT2D eigenvalue weighted by atomic mass is 10.1. The average molecular weight is 312 g/mol. The summed E-state index contributed by atoms with van der Waals surface area (Å²) in [5.74, 6) is -0.0102. The molecule has 0 aliphatic rings. The molecule has 4 nitrogen and oxygen atoms in total. The van der Waals surface area contributed by atoms with Gasteiger partial charge in [-0.2, -0.15) is 0 Å². The van der Waals surface area contributed by atoms with Crippen LogP contribution in [0.15, 0.2) is 12.1 Å². The van der Waals surface area contributed by atoms with Gasteiger partial charge in [-0.25, -0.2) is 0 Å². The van der Waals surface area contributed by atoms with E-state index in [2.05, 4.69) is 29.6 Å². The molecule has 1 rings (SSSR count). The number of carbonyl (C=O) groups is 1. The van der Waals surface area contributed by atoms with Crippen LogP contribution >= 0.6 is 11.6 Å². The molecule has 1 aromatic rings. The third kappa shape index (κ3) is 6.93. The number of aryl methyl sites for hydroxylation is 2. The van der Waals surface area contributed by atoms with Crippen LogP contribution in [0, 0.1) is 13.8 Å². The molecule has 5 heteroatoms. The van der Waals surface area contributed by atoms with E-state index in [0.717, 1.165) is 36.3 Å². The largest absolute Gasteiger partial charge is 0.325 e. The molecule has 0 atom stereocenters. The van der Waals surface area contributed by atoms with Crippen LogP contribution in [0.4, 0.5) is 5.69 Å². The van der Waals surface area contributed by atoms with E-state index in [1.807, 2.05) is 26.0 Å². The Kier molecular flexibility index (Phi) is 7.72. The molecule has 0 bridgehead atoms. The molecule has 0 heterocycles. The molecule has 0 saturated carbocycles. The molecular weight excluding hydrogens is 286 g/mol. The molecule has 0 radical (unpaired) electrons. The Morgan fingerprint density at radius 1 is 1.24 bits per heavy atom. The van der Waals surface area contributed by atoms with Crippen molar-refractivity contribution >= 4 is 23.2 Å². The van der Waals surface area contributed by atoms with Crippen LogP contribution in [0.25, 0.3) is 0 Å². The highest BCUT2D eigenvalue weighted by Gasteiger charge is 2.09. The fourth-order valence-corrected chi connectivity index (χ4v) is 2.49. The van der Waals surface area contributed by atoms with Crippen molar-refractivity contribution in [3.8, 4) is 0 Å². The van der Waals surface area contributed by atoms with Gasteiger partial charge in [0.2, 0.25) is 5.91 Å². The van der Waals surface area contributed by atoms with E-state index in [0.29, 0.717) is 18.0 Å². The minimum Gasteiger partial charge on any atom is -0.325 e. The van der Waals surface area contributed by atoms with Gasteiger partial charge in [-0.05, 0) is 64.6 Å². The van der Waals surface area contributed by atoms with Crippen molar-refractivity contribution in [1.29, 1.82) is 0 Å². The van der Waals surface area contributed by atoms with E-state index in [1.54, 1.807) is 0 Å². The van der Waals surface area contributed by atoms with E-state index >= 15 is 0 Å². The van der Waals surface area contributed by atoms with Gasteiger partial charge < -0.3 is 15.5 Å². The quantitative estimate of drug-likeness (QED) is 0.726. The maximum absolute atomic E-state index is 11.9. The van der Waals surface area contributed by atoms with Gasteiger partial charge in [0.1, 0.15) is 0 Å². The van der Waals surface area contributed by atoms with Gasteiger partial charge >= 0.3 is 0 Å². The van der Waals surface area contributed by atoms with Crippen LogP contribution in [-0.4, -0.2) is 44.5 Å². The van der Waals surface area contributed by atoms with Gasteiger partial charge in [0.05, 0.1) is 10.7 Å². The molecule has 1 aromatic carbocycles. The fourth-order valence-electron chi connectivity index (χ4n) is 2.12. The van der Waals surface area contributed by atoms with E-state index in [-0.39, 0.29) is 5.91 Å². The minimum atomic E-state index is -0.0102. The van der Waals surface area contributed by atoms with Gasteiger partial charge in [-0.15, -0.1) is 0 Å². The summed E-state index contributed by atoms with van der Waals surface area (Å²) < 4.78 is 0. The van der Waals surface area contributed by atoms with E-state index < -0.39 is 0 Å². The molecular formula is C16H26ClN3O. The summed E-state index contributed by atoms with van der Waals surface area (Å²) in [6.07, 6.45) is 1.53. The fraction of sp³-hybridized carbons (Fsp3) is 0.562. The van der Waals surface area contributed by atoms with E-state index in [4.69, 9.17) is 11.6 Å². The topological polar surface area (TPSA) is 44.4 Å². The molecule has 21 heavy (non-hydrogen) atoms. The van der Waals surface area contributed by atoms with Crippen LogP contribution in [0.2, 0.25) is 5.02 Å². The highest BCUT2D eigenvalue weighted by molar-refractivity contribution is 6.34. The maximum Gasteiger partial charge on any atom is 0.225 e. The van der Waals surface area contributed by atoms with Crippen molar-refractivity contribution in [3.63, 3.8) is 0 Å². The molecule has 0 aliphatic heterocycles. The van der Waals surface area contributed by atoms with Crippen molar-refractivity contribution in [2.75, 3.05) is 39.0 Å². The normalized spacial score (nSPS) is 11.0. The standard InChI is InChI=1S/C16H26ClN3O/c1-12-10-13(2)16(14(17)11-12)19-15(21)6-8-18-7-5-9-20(3)4/h10-11,18H,5-9H2,1-4H3,(H,19,21). The van der Waals surface area contributed by atoms with Crippen LogP contribution < -0.4 is 10.6 Å². The zero-order chi connectivity index (χ0) is 15.8. The highest BCUT2D eigenvalue weighted by Crippen LogP contribution is 2.27. The molecule has 0 unspecified atom stereocenters. The number of carbonyl (C=O) groups excluding carboxylic acids is 1. The van der Waals surface area contributed by atoms with Gasteiger partial charge in [-0.1, -0.05) is 17.7 Å². The summed E-state index contributed by atoms with van der Waals surface area (Å²) in [5, 5.41) is 6.77. The lowest BCUT2D eigenvalue weighted by Gasteiger charge is -2.12. The number of halogens is 1. The molecule has 118 valence electrons. The third-order valence-electron chi connectivity index (χ3n) is 3.18. The SMILES string of the molecule is Cc1cc(C)c(NC(=O)CCNCCCN(C)C)c(Cl)c1. The lowest BCUT2D eigenvalue weighted by molar-refractivity contribution is -0.116. The number of nitrogens with zero attached hydrogens (tertiary/aromatic N) is 1. The number of hydrogen-bond donors (Lipinski definition) is 2.